The van der Waals surface area contributed by atoms with E-state index in [-0.39, 0.29) is 16.9 Å². The number of hydrogen-bond acceptors (Lipinski definition) is 7. The number of aryl methyl sites for hydroxylation is 1. The molecule has 6 rings (SSSR count). The molecule has 2 aliphatic rings. The summed E-state index contributed by atoms with van der Waals surface area (Å²) in [5.41, 5.74) is 2.55. The largest absolute Gasteiger partial charge is 0.370 e. The number of imidazole rings is 1. The van der Waals surface area contributed by atoms with Gasteiger partial charge in [-0.15, -0.1) is 0 Å². The van der Waals surface area contributed by atoms with E-state index < -0.39 is 10.0 Å². The number of carbonyl (C=O) groups is 1. The average Bonchev–Trinajstić information content (AvgIpc) is 3.58. The van der Waals surface area contributed by atoms with Crippen molar-refractivity contribution in [2.75, 3.05) is 57.4 Å². The number of nitrogens with zero attached hydrogens (tertiary/aromatic N) is 5. The molecular weight excluding hydrogens is 542 g/mol. The Labute approximate surface area is 239 Å². The maximum Gasteiger partial charge on any atom is 0.259 e. The third-order valence-corrected chi connectivity index (χ3v) is 9.85. The fourth-order valence-corrected chi connectivity index (χ4v) is 7.13. The Morgan fingerprint density at radius 3 is 2.44 bits per heavy atom. The molecule has 4 aromatic rings. The third kappa shape index (κ3) is 5.31. The minimum absolute atomic E-state index is 0.123. The number of aromatic nitrogens is 3. The molecule has 2 saturated heterocycles. The van der Waals surface area contributed by atoms with Gasteiger partial charge >= 0.3 is 0 Å². The molecule has 0 unspecified atom stereocenters. The predicted octanol–water partition coefficient (Wildman–Crippen LogP) is 2.25. The molecule has 41 heavy (non-hydrogen) atoms. The topological polar surface area (TPSA) is 121 Å². The summed E-state index contributed by atoms with van der Waals surface area (Å²) in [4.78, 5) is 34.6. The molecule has 0 spiro atoms. The van der Waals surface area contributed by atoms with E-state index in [4.69, 9.17) is 4.98 Å². The molecule has 2 aliphatic heterocycles. The van der Waals surface area contributed by atoms with Crippen molar-refractivity contribution in [3.63, 3.8) is 0 Å². The van der Waals surface area contributed by atoms with Crippen LogP contribution in [0.5, 0.6) is 0 Å². The first-order chi connectivity index (χ1) is 19.7. The number of likely N-dealkylation sites (tertiary alicyclic amines) is 1. The molecule has 11 nitrogen and oxygen atoms in total. The number of hydrogen-bond donors (Lipinski definition) is 2. The Hall–Kier alpha value is -3.48. The summed E-state index contributed by atoms with van der Waals surface area (Å²) in [5.74, 6) is 0.576. The molecule has 3 aromatic heterocycles. The third-order valence-electron chi connectivity index (χ3n) is 8.55. The van der Waals surface area contributed by atoms with Crippen LogP contribution in [0.25, 0.3) is 27.7 Å². The summed E-state index contributed by atoms with van der Waals surface area (Å²) in [5, 5.41) is 6.79. The van der Waals surface area contributed by atoms with Crippen molar-refractivity contribution >= 4 is 49.5 Å². The average molecular weight is 580 g/mol. The summed E-state index contributed by atoms with van der Waals surface area (Å²) in [7, 11) is -1.30. The maximum absolute atomic E-state index is 13.8. The Kier molecular flexibility index (Phi) is 7.47. The maximum atomic E-state index is 13.8. The van der Waals surface area contributed by atoms with Crippen molar-refractivity contribution in [1.29, 1.82) is 0 Å². The monoisotopic (exact) mass is 579 g/mol. The lowest BCUT2D eigenvalue weighted by Gasteiger charge is -2.30. The van der Waals surface area contributed by atoms with Gasteiger partial charge in [0.15, 0.2) is 5.65 Å². The number of rotatable bonds is 8. The highest BCUT2D eigenvalue weighted by atomic mass is 32.2. The van der Waals surface area contributed by atoms with Gasteiger partial charge in [-0.3, -0.25) is 14.0 Å². The van der Waals surface area contributed by atoms with E-state index in [9.17, 15) is 18.0 Å². The molecule has 0 bridgehead atoms. The lowest BCUT2D eigenvalue weighted by Crippen LogP contribution is -2.39. The Balaban J connectivity index is 1.33. The highest BCUT2D eigenvalue weighted by Crippen LogP contribution is 2.26. The highest BCUT2D eigenvalue weighted by molar-refractivity contribution is 7.88. The molecule has 0 aliphatic carbocycles. The van der Waals surface area contributed by atoms with Crippen LogP contribution in [0.15, 0.2) is 41.2 Å². The van der Waals surface area contributed by atoms with Crippen LogP contribution in [0, 0.1) is 5.92 Å². The number of benzene rings is 1. The van der Waals surface area contributed by atoms with Gasteiger partial charge in [0.2, 0.25) is 15.5 Å². The summed E-state index contributed by atoms with van der Waals surface area (Å²) < 4.78 is 29.0. The van der Waals surface area contributed by atoms with Crippen molar-refractivity contribution in [1.82, 2.24) is 28.5 Å². The van der Waals surface area contributed by atoms with Crippen molar-refractivity contribution in [3.05, 3.63) is 52.2 Å². The highest BCUT2D eigenvalue weighted by Gasteiger charge is 2.26. The number of sulfonamides is 1. The van der Waals surface area contributed by atoms with Gasteiger partial charge in [0.25, 0.3) is 5.91 Å². The molecule has 2 fully saturated rings. The van der Waals surface area contributed by atoms with Gasteiger partial charge < -0.3 is 20.1 Å². The number of piperidine rings is 1. The van der Waals surface area contributed by atoms with E-state index in [1.54, 1.807) is 12.1 Å². The fourth-order valence-electron chi connectivity index (χ4n) is 6.26. The summed E-state index contributed by atoms with van der Waals surface area (Å²) in [6.07, 6.45) is 5.17. The van der Waals surface area contributed by atoms with E-state index in [0.29, 0.717) is 54.6 Å². The van der Waals surface area contributed by atoms with Gasteiger partial charge in [0.05, 0.1) is 22.7 Å². The van der Waals surface area contributed by atoms with Crippen LogP contribution in [0.2, 0.25) is 0 Å². The molecule has 218 valence electrons. The van der Waals surface area contributed by atoms with Gasteiger partial charge in [0, 0.05) is 39.8 Å². The lowest BCUT2D eigenvalue weighted by molar-refractivity contribution is 0.0950. The second kappa shape index (κ2) is 11.1. The Bertz CT molecular complexity index is 1780. The normalized spacial score (nSPS) is 17.6. The summed E-state index contributed by atoms with van der Waals surface area (Å²) >= 11 is 0. The zero-order valence-corrected chi connectivity index (χ0v) is 24.4. The van der Waals surface area contributed by atoms with Crippen molar-refractivity contribution in [3.8, 4) is 0 Å². The van der Waals surface area contributed by atoms with Crippen molar-refractivity contribution < 1.29 is 13.2 Å². The predicted molar refractivity (Wildman–Crippen MR) is 161 cm³/mol. The summed E-state index contributed by atoms with van der Waals surface area (Å²) in [6.45, 7) is 5.03. The number of nitrogens with one attached hydrogen (secondary N) is 2. The molecule has 1 aromatic carbocycles. The first-order valence-corrected chi connectivity index (χ1v) is 16.2. The minimum atomic E-state index is -3.17. The molecule has 0 atom stereocenters. The number of amides is 1. The van der Waals surface area contributed by atoms with Gasteiger partial charge in [-0.05, 0) is 69.0 Å². The molecule has 0 radical (unpaired) electrons. The van der Waals surface area contributed by atoms with E-state index in [1.165, 1.54) is 23.4 Å². The van der Waals surface area contributed by atoms with Crippen molar-refractivity contribution in [2.24, 2.45) is 13.0 Å². The van der Waals surface area contributed by atoms with E-state index in [0.717, 1.165) is 43.5 Å². The first kappa shape index (κ1) is 27.7. The van der Waals surface area contributed by atoms with Crippen LogP contribution in [-0.4, -0.2) is 89.6 Å². The number of anilines is 1. The Morgan fingerprint density at radius 1 is 1.02 bits per heavy atom. The van der Waals surface area contributed by atoms with Crippen molar-refractivity contribution in [2.45, 2.75) is 25.7 Å². The van der Waals surface area contributed by atoms with Gasteiger partial charge in [-0.25, -0.2) is 17.7 Å². The van der Waals surface area contributed by atoms with E-state index >= 15 is 0 Å². The number of pyridine rings is 2. The Morgan fingerprint density at radius 2 is 1.73 bits per heavy atom. The van der Waals surface area contributed by atoms with E-state index in [2.05, 4.69) is 15.5 Å². The standard InChI is InChI=1S/C29H37N7O4S/c1-33-22-7-3-4-8-23(22)36-27-21(26(37)25(29(33)36)28(38)30-13-18-34-14-5-6-15-34)9-10-24(32-27)31-19-20-11-16-35(17-12-20)41(2,39)40/h3-4,7-10,20H,5-6,11-19H2,1-2H3,(H,30,38)(H,31,32). The first-order valence-electron chi connectivity index (χ1n) is 14.3. The van der Waals surface area contributed by atoms with Crippen LogP contribution < -0.4 is 16.1 Å². The molecule has 1 amide bonds. The fraction of sp³-hybridized carbons (Fsp3) is 0.483. The molecular formula is C29H37N7O4S. The molecule has 12 heteroatoms. The number of carbonyl (C=O) groups excluding carboxylic acids is 1. The SMILES string of the molecule is Cn1c2ccccc2n2c3nc(NCC4CCN(S(C)(=O)=O)CC4)ccc3c(=O)c(C(=O)NCCN3CCCC3)c12. The van der Waals surface area contributed by atoms with Crippen LogP contribution in [0.4, 0.5) is 5.82 Å². The molecule has 0 saturated carbocycles. The minimum Gasteiger partial charge on any atom is -0.370 e. The molecule has 2 N–H and O–H groups in total. The van der Waals surface area contributed by atoms with Crippen LogP contribution >= 0.6 is 0 Å². The quantitative estimate of drug-likeness (QED) is 0.329. The van der Waals surface area contributed by atoms with Gasteiger partial charge in [0.1, 0.15) is 17.0 Å². The zero-order chi connectivity index (χ0) is 28.7. The van der Waals surface area contributed by atoms with Crippen LogP contribution in [0.1, 0.15) is 36.0 Å². The van der Waals surface area contributed by atoms with Crippen LogP contribution in [0.3, 0.4) is 0 Å². The molecule has 5 heterocycles. The summed E-state index contributed by atoms with van der Waals surface area (Å²) in [6, 6.07) is 11.3. The zero-order valence-electron chi connectivity index (χ0n) is 23.6. The van der Waals surface area contributed by atoms with Gasteiger partial charge in [-0.2, -0.15) is 0 Å². The number of fused-ring (bicyclic) bond motifs is 5. The van der Waals surface area contributed by atoms with Gasteiger partial charge in [-0.1, -0.05) is 12.1 Å². The second-order valence-electron chi connectivity index (χ2n) is 11.3. The smallest absolute Gasteiger partial charge is 0.259 e. The van der Waals surface area contributed by atoms with Crippen LogP contribution in [-0.2, 0) is 17.1 Å². The second-order valence-corrected chi connectivity index (χ2v) is 13.3. The lowest BCUT2D eigenvalue weighted by atomic mass is 9.98. The van der Waals surface area contributed by atoms with E-state index in [1.807, 2.05) is 40.3 Å². The number of para-hydroxylation sites is 2.